The Kier molecular flexibility index (Phi) is 5.88. The van der Waals surface area contributed by atoms with Crippen LogP contribution in [-0.4, -0.2) is 43.0 Å². The molecule has 0 aliphatic carbocycles. The second-order valence-corrected chi connectivity index (χ2v) is 2.53. The smallest absolute Gasteiger partial charge is 0.248 e. The first-order valence-electron chi connectivity index (χ1n) is 4.25. The number of hydrogen-bond donors (Lipinski definition) is 1. The molecule has 5 heteroatoms. The highest BCUT2D eigenvalue weighted by molar-refractivity contribution is 5.78. The SMILES string of the molecule is CCN(CC)C(=O)COCC(N)=O. The van der Waals surface area contributed by atoms with E-state index >= 15 is 0 Å². The summed E-state index contributed by atoms with van der Waals surface area (Å²) in [5.74, 6) is -0.682. The highest BCUT2D eigenvalue weighted by atomic mass is 16.5. The summed E-state index contributed by atoms with van der Waals surface area (Å²) < 4.78 is 4.78. The van der Waals surface area contributed by atoms with Crippen LogP contribution < -0.4 is 5.73 Å². The molecule has 0 fully saturated rings. The summed E-state index contributed by atoms with van der Waals surface area (Å²) >= 11 is 0. The molecular formula is C8H16N2O3. The van der Waals surface area contributed by atoms with Crippen molar-refractivity contribution in [2.45, 2.75) is 13.8 Å². The van der Waals surface area contributed by atoms with Gasteiger partial charge in [-0.15, -0.1) is 0 Å². The van der Waals surface area contributed by atoms with E-state index in [1.807, 2.05) is 13.8 Å². The Balaban J connectivity index is 3.66. The van der Waals surface area contributed by atoms with Gasteiger partial charge in [-0.3, -0.25) is 9.59 Å². The zero-order valence-electron chi connectivity index (χ0n) is 8.08. The third kappa shape index (κ3) is 5.19. The average Bonchev–Trinajstić information content (AvgIpc) is 2.05. The van der Waals surface area contributed by atoms with Gasteiger partial charge >= 0.3 is 0 Å². The maximum absolute atomic E-state index is 11.2. The zero-order valence-corrected chi connectivity index (χ0v) is 8.08. The van der Waals surface area contributed by atoms with Gasteiger partial charge in [0, 0.05) is 13.1 Å². The lowest BCUT2D eigenvalue weighted by molar-refractivity contribution is -0.137. The highest BCUT2D eigenvalue weighted by Crippen LogP contribution is 1.89. The van der Waals surface area contributed by atoms with Crippen molar-refractivity contribution in [3.8, 4) is 0 Å². The molecule has 0 aromatic heterocycles. The van der Waals surface area contributed by atoms with E-state index in [2.05, 4.69) is 0 Å². The molecule has 0 aromatic carbocycles. The van der Waals surface area contributed by atoms with Crippen molar-refractivity contribution in [1.29, 1.82) is 0 Å². The van der Waals surface area contributed by atoms with Gasteiger partial charge in [0.1, 0.15) is 13.2 Å². The molecule has 0 heterocycles. The monoisotopic (exact) mass is 188 g/mol. The van der Waals surface area contributed by atoms with Gasteiger partial charge in [-0.25, -0.2) is 0 Å². The molecule has 0 atom stereocenters. The van der Waals surface area contributed by atoms with Crippen LogP contribution in [0.2, 0.25) is 0 Å². The fraction of sp³-hybridized carbons (Fsp3) is 0.750. The third-order valence-electron chi connectivity index (χ3n) is 1.59. The summed E-state index contributed by atoms with van der Waals surface area (Å²) in [4.78, 5) is 23.1. The summed E-state index contributed by atoms with van der Waals surface area (Å²) in [6, 6.07) is 0. The van der Waals surface area contributed by atoms with E-state index in [1.54, 1.807) is 4.90 Å². The number of ether oxygens (including phenoxy) is 1. The van der Waals surface area contributed by atoms with Crippen LogP contribution in [0.4, 0.5) is 0 Å². The van der Waals surface area contributed by atoms with Gasteiger partial charge in [0.05, 0.1) is 0 Å². The molecule has 2 N–H and O–H groups in total. The molecule has 5 nitrogen and oxygen atoms in total. The van der Waals surface area contributed by atoms with Crippen molar-refractivity contribution in [2.24, 2.45) is 5.73 Å². The highest BCUT2D eigenvalue weighted by Gasteiger charge is 2.09. The molecule has 0 saturated heterocycles. The fourth-order valence-electron chi connectivity index (χ4n) is 0.907. The van der Waals surface area contributed by atoms with Crippen LogP contribution in [0.15, 0.2) is 0 Å². The Morgan fingerprint density at radius 3 is 2.15 bits per heavy atom. The molecule has 0 radical (unpaired) electrons. The molecule has 76 valence electrons. The van der Waals surface area contributed by atoms with Crippen molar-refractivity contribution in [2.75, 3.05) is 26.3 Å². The summed E-state index contributed by atoms with van der Waals surface area (Å²) in [6.07, 6.45) is 0. The molecule has 0 spiro atoms. The van der Waals surface area contributed by atoms with Gasteiger partial charge in [0.15, 0.2) is 0 Å². The van der Waals surface area contributed by atoms with Crippen molar-refractivity contribution >= 4 is 11.8 Å². The molecule has 13 heavy (non-hydrogen) atoms. The average molecular weight is 188 g/mol. The van der Waals surface area contributed by atoms with Crippen LogP contribution in [-0.2, 0) is 14.3 Å². The number of hydrogen-bond acceptors (Lipinski definition) is 3. The summed E-state index contributed by atoms with van der Waals surface area (Å²) in [6.45, 7) is 4.78. The standard InChI is InChI=1S/C8H16N2O3/c1-3-10(4-2)8(12)6-13-5-7(9)11/h3-6H2,1-2H3,(H2,9,11). The van der Waals surface area contributed by atoms with E-state index in [0.717, 1.165) is 0 Å². The van der Waals surface area contributed by atoms with Gasteiger partial charge in [-0.2, -0.15) is 0 Å². The Morgan fingerprint density at radius 2 is 1.77 bits per heavy atom. The number of primary amides is 1. The molecule has 2 amide bonds. The summed E-state index contributed by atoms with van der Waals surface area (Å²) in [5.41, 5.74) is 4.83. The maximum Gasteiger partial charge on any atom is 0.248 e. The summed E-state index contributed by atoms with van der Waals surface area (Å²) in [7, 11) is 0. The van der Waals surface area contributed by atoms with Crippen molar-refractivity contribution < 1.29 is 14.3 Å². The van der Waals surface area contributed by atoms with Gasteiger partial charge in [0.2, 0.25) is 11.8 Å². The van der Waals surface area contributed by atoms with Crippen LogP contribution >= 0.6 is 0 Å². The first-order valence-corrected chi connectivity index (χ1v) is 4.25. The van der Waals surface area contributed by atoms with Gasteiger partial charge in [-0.1, -0.05) is 0 Å². The molecule has 0 aliphatic rings. The number of carbonyl (C=O) groups excluding carboxylic acids is 2. The minimum Gasteiger partial charge on any atom is -0.368 e. The number of rotatable bonds is 6. The molecule has 0 bridgehead atoms. The van der Waals surface area contributed by atoms with Crippen LogP contribution in [0.3, 0.4) is 0 Å². The minimum atomic E-state index is -0.563. The van der Waals surface area contributed by atoms with Crippen molar-refractivity contribution in [3.63, 3.8) is 0 Å². The quantitative estimate of drug-likeness (QED) is 0.602. The van der Waals surface area contributed by atoms with Gasteiger partial charge < -0.3 is 15.4 Å². The molecular weight excluding hydrogens is 172 g/mol. The number of amides is 2. The zero-order chi connectivity index (χ0) is 10.3. The van der Waals surface area contributed by atoms with Gasteiger partial charge in [-0.05, 0) is 13.8 Å². The largest absolute Gasteiger partial charge is 0.368 e. The second kappa shape index (κ2) is 6.42. The molecule has 0 aliphatic heterocycles. The third-order valence-corrected chi connectivity index (χ3v) is 1.59. The fourth-order valence-corrected chi connectivity index (χ4v) is 0.907. The molecule has 0 aromatic rings. The molecule has 0 rings (SSSR count). The van der Waals surface area contributed by atoms with E-state index in [1.165, 1.54) is 0 Å². The Morgan fingerprint density at radius 1 is 1.23 bits per heavy atom. The maximum atomic E-state index is 11.2. The summed E-state index contributed by atoms with van der Waals surface area (Å²) in [5, 5.41) is 0. The lowest BCUT2D eigenvalue weighted by Crippen LogP contribution is -2.34. The van der Waals surface area contributed by atoms with E-state index in [-0.39, 0.29) is 19.1 Å². The molecule has 0 saturated carbocycles. The normalized spacial score (nSPS) is 9.69. The van der Waals surface area contributed by atoms with Crippen LogP contribution in [0.1, 0.15) is 13.8 Å². The van der Waals surface area contributed by atoms with Gasteiger partial charge in [0.25, 0.3) is 0 Å². The Labute approximate surface area is 77.8 Å². The predicted octanol–water partition coefficient (Wildman–Crippen LogP) is -0.643. The lowest BCUT2D eigenvalue weighted by Gasteiger charge is -2.17. The van der Waals surface area contributed by atoms with E-state index < -0.39 is 5.91 Å². The minimum absolute atomic E-state index is 0.0788. The van der Waals surface area contributed by atoms with E-state index in [0.29, 0.717) is 13.1 Å². The second-order valence-electron chi connectivity index (χ2n) is 2.53. The van der Waals surface area contributed by atoms with Crippen LogP contribution in [0.25, 0.3) is 0 Å². The number of nitrogens with two attached hydrogens (primary N) is 1. The van der Waals surface area contributed by atoms with Crippen molar-refractivity contribution in [3.05, 3.63) is 0 Å². The molecule has 0 unspecified atom stereocenters. The van der Waals surface area contributed by atoms with Crippen LogP contribution in [0.5, 0.6) is 0 Å². The lowest BCUT2D eigenvalue weighted by atomic mass is 10.4. The predicted molar refractivity (Wildman–Crippen MR) is 47.9 cm³/mol. The number of nitrogens with zero attached hydrogens (tertiary/aromatic N) is 1. The Hall–Kier alpha value is -1.10. The van der Waals surface area contributed by atoms with E-state index in [4.69, 9.17) is 10.5 Å². The van der Waals surface area contributed by atoms with Crippen LogP contribution in [0, 0.1) is 0 Å². The van der Waals surface area contributed by atoms with Crippen molar-refractivity contribution in [1.82, 2.24) is 4.90 Å². The Bertz CT molecular complexity index is 178. The topological polar surface area (TPSA) is 72.6 Å². The first kappa shape index (κ1) is 11.9. The number of likely N-dealkylation sites (N-methyl/N-ethyl adjacent to an activating group) is 1. The number of carbonyl (C=O) groups is 2. The first-order chi connectivity index (χ1) is 6.11. The van der Waals surface area contributed by atoms with E-state index in [9.17, 15) is 9.59 Å².